The molecule has 2 rings (SSSR count). The predicted molar refractivity (Wildman–Crippen MR) is 82.7 cm³/mol. The van der Waals surface area contributed by atoms with E-state index in [0.29, 0.717) is 17.5 Å². The van der Waals surface area contributed by atoms with Crippen LogP contribution in [0.5, 0.6) is 5.75 Å². The Bertz CT molecular complexity index is 762. The van der Waals surface area contributed by atoms with Crippen molar-refractivity contribution in [3.63, 3.8) is 0 Å². The average Bonchev–Trinajstić information content (AvgIpc) is 2.48. The highest BCUT2D eigenvalue weighted by Crippen LogP contribution is 2.27. The molecule has 1 N–H and O–H groups in total. The average molecular weight is 301 g/mol. The summed E-state index contributed by atoms with van der Waals surface area (Å²) in [7, 11) is 0. The normalized spacial score (nSPS) is 10.2. The topological polar surface area (TPSA) is 78.8 Å². The molecule has 0 aliphatic heterocycles. The fraction of sp³-hybridized carbons (Fsp3) is 0.267. The third-order valence-electron chi connectivity index (χ3n) is 2.95. The number of nitriles is 1. The molecule has 108 valence electrons. The lowest BCUT2D eigenvalue weighted by molar-refractivity contribution is 0.338. The second kappa shape index (κ2) is 6.46. The first-order valence-corrected chi connectivity index (χ1v) is 7.65. The van der Waals surface area contributed by atoms with Crippen molar-refractivity contribution in [2.45, 2.75) is 19.0 Å². The lowest BCUT2D eigenvalue weighted by Crippen LogP contribution is -2.14. The van der Waals surface area contributed by atoms with Gasteiger partial charge in [0.25, 0.3) is 5.56 Å². The van der Waals surface area contributed by atoms with Gasteiger partial charge in [0.05, 0.1) is 12.3 Å². The summed E-state index contributed by atoms with van der Waals surface area (Å²) in [4.78, 5) is 18.9. The van der Waals surface area contributed by atoms with Crippen molar-refractivity contribution < 1.29 is 4.74 Å². The standard InChI is InChI=1S/C15H15N3O2S/c1-4-20-12-6-5-10(7-9(12)2)13-11(8-16)14(19)18-15(17-13)21-3/h5-7H,4H2,1-3H3,(H,17,18,19). The molecular weight excluding hydrogens is 286 g/mol. The van der Waals surface area contributed by atoms with Crippen LogP contribution in [0, 0.1) is 18.3 Å². The van der Waals surface area contributed by atoms with Crippen molar-refractivity contribution in [2.75, 3.05) is 12.9 Å². The Morgan fingerprint density at radius 3 is 2.81 bits per heavy atom. The molecule has 1 heterocycles. The van der Waals surface area contributed by atoms with Gasteiger partial charge < -0.3 is 9.72 Å². The van der Waals surface area contributed by atoms with Crippen LogP contribution in [0.2, 0.25) is 0 Å². The van der Waals surface area contributed by atoms with E-state index in [1.807, 2.05) is 44.4 Å². The van der Waals surface area contributed by atoms with Gasteiger partial charge in [-0.2, -0.15) is 5.26 Å². The number of rotatable bonds is 4. The zero-order valence-corrected chi connectivity index (χ0v) is 12.9. The van der Waals surface area contributed by atoms with Crippen molar-refractivity contribution in [1.29, 1.82) is 5.26 Å². The highest BCUT2D eigenvalue weighted by molar-refractivity contribution is 7.98. The Labute approximate surface area is 127 Å². The van der Waals surface area contributed by atoms with E-state index < -0.39 is 5.56 Å². The molecule has 0 atom stereocenters. The van der Waals surface area contributed by atoms with E-state index in [2.05, 4.69) is 9.97 Å². The molecule has 0 saturated carbocycles. The van der Waals surface area contributed by atoms with Gasteiger partial charge in [-0.1, -0.05) is 11.8 Å². The van der Waals surface area contributed by atoms with E-state index in [4.69, 9.17) is 4.74 Å². The van der Waals surface area contributed by atoms with Gasteiger partial charge in [-0.05, 0) is 43.9 Å². The summed E-state index contributed by atoms with van der Waals surface area (Å²) in [6.45, 7) is 4.43. The summed E-state index contributed by atoms with van der Waals surface area (Å²) >= 11 is 1.33. The number of aryl methyl sites for hydroxylation is 1. The maximum atomic E-state index is 11.9. The number of aromatic amines is 1. The first-order valence-electron chi connectivity index (χ1n) is 6.43. The van der Waals surface area contributed by atoms with Gasteiger partial charge in [-0.25, -0.2) is 4.98 Å². The van der Waals surface area contributed by atoms with Crippen LogP contribution in [0.25, 0.3) is 11.3 Å². The zero-order chi connectivity index (χ0) is 15.4. The number of aromatic nitrogens is 2. The number of benzene rings is 1. The highest BCUT2D eigenvalue weighted by Gasteiger charge is 2.14. The molecule has 0 bridgehead atoms. The Kier molecular flexibility index (Phi) is 4.66. The van der Waals surface area contributed by atoms with Crippen LogP contribution in [0.15, 0.2) is 28.2 Å². The molecule has 5 nitrogen and oxygen atoms in total. The van der Waals surface area contributed by atoms with Crippen LogP contribution in [-0.4, -0.2) is 22.8 Å². The van der Waals surface area contributed by atoms with E-state index in [1.54, 1.807) is 0 Å². The number of hydrogen-bond donors (Lipinski definition) is 1. The summed E-state index contributed by atoms with van der Waals surface area (Å²) in [6, 6.07) is 7.44. The van der Waals surface area contributed by atoms with Crippen molar-refractivity contribution in [2.24, 2.45) is 0 Å². The van der Waals surface area contributed by atoms with Crippen molar-refractivity contribution in [1.82, 2.24) is 9.97 Å². The minimum atomic E-state index is -0.418. The van der Waals surface area contributed by atoms with Gasteiger partial charge in [-0.15, -0.1) is 0 Å². The third-order valence-corrected chi connectivity index (χ3v) is 3.53. The van der Waals surface area contributed by atoms with Crippen LogP contribution < -0.4 is 10.3 Å². The smallest absolute Gasteiger partial charge is 0.270 e. The fourth-order valence-corrected chi connectivity index (χ4v) is 2.35. The number of hydrogen-bond acceptors (Lipinski definition) is 5. The van der Waals surface area contributed by atoms with Crippen LogP contribution in [-0.2, 0) is 0 Å². The Hall–Kier alpha value is -2.26. The second-order valence-electron chi connectivity index (χ2n) is 4.32. The fourth-order valence-electron chi connectivity index (χ4n) is 1.98. The Morgan fingerprint density at radius 1 is 1.48 bits per heavy atom. The zero-order valence-electron chi connectivity index (χ0n) is 12.1. The van der Waals surface area contributed by atoms with E-state index >= 15 is 0 Å². The van der Waals surface area contributed by atoms with Crippen LogP contribution in [0.3, 0.4) is 0 Å². The third kappa shape index (κ3) is 3.09. The molecule has 0 saturated heterocycles. The summed E-state index contributed by atoms with van der Waals surface area (Å²) in [5, 5.41) is 9.68. The maximum Gasteiger partial charge on any atom is 0.270 e. The van der Waals surface area contributed by atoms with Gasteiger partial charge >= 0.3 is 0 Å². The Balaban J connectivity index is 2.61. The summed E-state index contributed by atoms with van der Waals surface area (Å²) in [5.74, 6) is 0.787. The number of ether oxygens (including phenoxy) is 1. The predicted octanol–water partition coefficient (Wildman–Crippen LogP) is 2.74. The van der Waals surface area contributed by atoms with Crippen molar-refractivity contribution >= 4 is 11.8 Å². The van der Waals surface area contributed by atoms with Crippen LogP contribution >= 0.6 is 11.8 Å². The molecule has 0 spiro atoms. The van der Waals surface area contributed by atoms with Gasteiger partial charge in [0.1, 0.15) is 17.4 Å². The van der Waals surface area contributed by atoms with Gasteiger partial charge in [-0.3, -0.25) is 4.79 Å². The quantitative estimate of drug-likeness (QED) is 0.694. The minimum absolute atomic E-state index is 0.0244. The Morgan fingerprint density at radius 2 is 2.24 bits per heavy atom. The molecule has 0 amide bonds. The number of nitrogens with one attached hydrogen (secondary N) is 1. The molecule has 1 aromatic heterocycles. The molecule has 0 radical (unpaired) electrons. The SMILES string of the molecule is CCOc1ccc(-c2nc(SC)[nH]c(=O)c2C#N)cc1C. The largest absolute Gasteiger partial charge is 0.494 e. The molecule has 1 aromatic carbocycles. The monoisotopic (exact) mass is 301 g/mol. The summed E-state index contributed by atoms with van der Waals surface area (Å²) < 4.78 is 5.50. The van der Waals surface area contributed by atoms with E-state index in [0.717, 1.165) is 16.9 Å². The van der Waals surface area contributed by atoms with Crippen molar-refractivity contribution in [3.05, 3.63) is 39.7 Å². The molecule has 0 aliphatic carbocycles. The molecular formula is C15H15N3O2S. The summed E-state index contributed by atoms with van der Waals surface area (Å²) in [6.07, 6.45) is 1.82. The molecule has 0 aliphatic rings. The molecule has 0 unspecified atom stereocenters. The van der Waals surface area contributed by atoms with Gasteiger partial charge in [0.2, 0.25) is 0 Å². The molecule has 0 fully saturated rings. The lowest BCUT2D eigenvalue weighted by atomic mass is 10.0. The number of thioether (sulfide) groups is 1. The van der Waals surface area contributed by atoms with Crippen LogP contribution in [0.4, 0.5) is 0 Å². The summed E-state index contributed by atoms with van der Waals surface area (Å²) in [5.41, 5.74) is 1.67. The highest BCUT2D eigenvalue weighted by atomic mass is 32.2. The number of nitrogens with zero attached hydrogens (tertiary/aromatic N) is 2. The van der Waals surface area contributed by atoms with E-state index in [-0.39, 0.29) is 5.56 Å². The van der Waals surface area contributed by atoms with Crippen molar-refractivity contribution in [3.8, 4) is 23.1 Å². The molecule has 6 heteroatoms. The maximum absolute atomic E-state index is 11.9. The lowest BCUT2D eigenvalue weighted by Gasteiger charge is -2.10. The first kappa shape index (κ1) is 15.1. The minimum Gasteiger partial charge on any atom is -0.494 e. The van der Waals surface area contributed by atoms with E-state index in [1.165, 1.54) is 11.8 Å². The van der Waals surface area contributed by atoms with Gasteiger partial charge in [0, 0.05) is 5.56 Å². The molecule has 2 aromatic rings. The van der Waals surface area contributed by atoms with E-state index in [9.17, 15) is 10.1 Å². The van der Waals surface area contributed by atoms with Gasteiger partial charge in [0.15, 0.2) is 5.16 Å². The second-order valence-corrected chi connectivity index (χ2v) is 5.12. The number of H-pyrrole nitrogens is 1. The first-order chi connectivity index (χ1) is 10.1. The molecule has 21 heavy (non-hydrogen) atoms. The van der Waals surface area contributed by atoms with Crippen LogP contribution in [0.1, 0.15) is 18.1 Å².